The molecule has 0 saturated heterocycles. The smallest absolute Gasteiger partial charge is 0.305 e. The molecule has 0 fully saturated rings. The molecule has 0 aliphatic rings. The van der Waals surface area contributed by atoms with E-state index in [0.717, 1.165) is 5.56 Å². The van der Waals surface area contributed by atoms with Gasteiger partial charge in [0.15, 0.2) is 0 Å². The van der Waals surface area contributed by atoms with E-state index in [0.29, 0.717) is 11.9 Å². The summed E-state index contributed by atoms with van der Waals surface area (Å²) in [4.78, 5) is 22.8. The number of ether oxygens (including phenoxy) is 2. The highest BCUT2D eigenvalue weighted by Gasteiger charge is 2.10. The minimum absolute atomic E-state index is 0.0292. The van der Waals surface area contributed by atoms with Crippen LogP contribution >= 0.6 is 0 Å². The minimum Gasteiger partial charge on any atom is -0.465 e. The molecule has 0 bridgehead atoms. The summed E-state index contributed by atoms with van der Waals surface area (Å²) in [5.41, 5.74) is 1.67. The minimum atomic E-state index is -4.15. The Morgan fingerprint density at radius 1 is 1.00 bits per heavy atom. The second kappa shape index (κ2) is 10.1. The van der Waals surface area contributed by atoms with E-state index in [1.54, 1.807) is 12.1 Å². The van der Waals surface area contributed by atoms with E-state index in [2.05, 4.69) is 4.74 Å². The summed E-state index contributed by atoms with van der Waals surface area (Å²) in [7, 11) is 1.42. The maximum absolute atomic E-state index is 11.5. The number of carbonyl (C=O) groups is 2. The van der Waals surface area contributed by atoms with Gasteiger partial charge in [0.1, 0.15) is 20.2 Å². The van der Waals surface area contributed by atoms with Gasteiger partial charge in [-0.15, -0.1) is 0 Å². The van der Waals surface area contributed by atoms with Crippen molar-refractivity contribution in [3.8, 4) is 0 Å². The molecule has 0 saturated carbocycles. The van der Waals surface area contributed by atoms with E-state index in [-0.39, 0.29) is 25.9 Å². The van der Waals surface area contributed by atoms with Crippen LogP contribution in [0.3, 0.4) is 0 Å². The molecule has 0 unspecified atom stereocenters. The Kier molecular flexibility index (Phi) is 8.49. The van der Waals surface area contributed by atoms with Crippen molar-refractivity contribution in [2.24, 2.45) is 0 Å². The van der Waals surface area contributed by atoms with Crippen molar-refractivity contribution < 1.29 is 32.0 Å². The fourth-order valence-corrected chi connectivity index (χ4v) is 2.04. The Morgan fingerprint density at radius 2 is 1.54 bits per heavy atom. The number of hydrogen-bond donors (Lipinski definition) is 1. The molecule has 130 valence electrons. The number of rotatable bonds is 10. The summed E-state index contributed by atoms with van der Waals surface area (Å²) >= 11 is 0. The molecule has 2 radical (unpaired) electrons. The van der Waals surface area contributed by atoms with E-state index in [1.807, 2.05) is 12.1 Å². The molecule has 0 aliphatic carbocycles. The highest BCUT2D eigenvalue weighted by atomic mass is 32.2. The van der Waals surface area contributed by atoms with Crippen LogP contribution < -0.4 is 5.46 Å². The third-order valence-electron chi connectivity index (χ3n) is 3.00. The van der Waals surface area contributed by atoms with Crippen molar-refractivity contribution in [1.82, 2.24) is 0 Å². The van der Waals surface area contributed by atoms with E-state index >= 15 is 0 Å². The molecular formula is C15H19BO7S. The first kappa shape index (κ1) is 20.2. The zero-order valence-electron chi connectivity index (χ0n) is 13.1. The first-order valence-corrected chi connectivity index (χ1v) is 8.98. The molecule has 1 N–H and O–H groups in total. The van der Waals surface area contributed by atoms with Gasteiger partial charge >= 0.3 is 11.9 Å². The second-order valence-corrected chi connectivity index (χ2v) is 6.64. The summed E-state index contributed by atoms with van der Waals surface area (Å²) in [6.45, 7) is -0.175. The van der Waals surface area contributed by atoms with Crippen molar-refractivity contribution in [3.05, 3.63) is 29.8 Å². The van der Waals surface area contributed by atoms with Crippen molar-refractivity contribution in [1.29, 1.82) is 0 Å². The van der Waals surface area contributed by atoms with Gasteiger partial charge in [-0.25, -0.2) is 0 Å². The highest BCUT2D eigenvalue weighted by molar-refractivity contribution is 7.85. The maximum Gasteiger partial charge on any atom is 0.305 e. The largest absolute Gasteiger partial charge is 0.465 e. The van der Waals surface area contributed by atoms with Gasteiger partial charge in [0, 0.05) is 19.3 Å². The standard InChI is InChI=1S/C15H19BO7S/c16-13-6-4-12(5-7-13)8-9-22-14(17)2-1-3-15(18)23-10-11-24(19,20)21/h4-7H,1-3,8-11H2,(H,19,20,21). The van der Waals surface area contributed by atoms with Crippen LogP contribution in [0, 0.1) is 0 Å². The number of benzene rings is 1. The summed E-state index contributed by atoms with van der Waals surface area (Å²) in [5.74, 6) is -1.70. The highest BCUT2D eigenvalue weighted by Crippen LogP contribution is 2.02. The Morgan fingerprint density at radius 3 is 2.08 bits per heavy atom. The van der Waals surface area contributed by atoms with Gasteiger partial charge in [-0.1, -0.05) is 29.7 Å². The fourth-order valence-electron chi connectivity index (χ4n) is 1.75. The number of carbonyl (C=O) groups excluding carboxylic acids is 2. The maximum atomic E-state index is 11.5. The fraction of sp³-hybridized carbons (Fsp3) is 0.467. The van der Waals surface area contributed by atoms with Gasteiger partial charge < -0.3 is 9.47 Å². The zero-order chi connectivity index (χ0) is 18.0. The van der Waals surface area contributed by atoms with Crippen LogP contribution in [0.4, 0.5) is 0 Å². The lowest BCUT2D eigenvalue weighted by Crippen LogP contribution is -2.15. The molecule has 24 heavy (non-hydrogen) atoms. The lowest BCUT2D eigenvalue weighted by Gasteiger charge is -2.06. The van der Waals surface area contributed by atoms with Gasteiger partial charge in [0.05, 0.1) is 6.61 Å². The second-order valence-electron chi connectivity index (χ2n) is 5.07. The average Bonchev–Trinajstić information content (AvgIpc) is 2.48. The third-order valence-corrected chi connectivity index (χ3v) is 3.68. The molecule has 0 spiro atoms. The van der Waals surface area contributed by atoms with Crippen LogP contribution in [0.25, 0.3) is 0 Å². The molecule has 1 rings (SSSR count). The van der Waals surface area contributed by atoms with Crippen LogP contribution in [-0.4, -0.2) is 51.7 Å². The van der Waals surface area contributed by atoms with Gasteiger partial charge in [-0.2, -0.15) is 8.42 Å². The predicted octanol–water partition coefficient (Wildman–Crippen LogP) is 0.167. The van der Waals surface area contributed by atoms with E-state index < -0.39 is 34.4 Å². The van der Waals surface area contributed by atoms with Crippen molar-refractivity contribution in [2.45, 2.75) is 25.7 Å². The first-order chi connectivity index (χ1) is 11.3. The predicted molar refractivity (Wildman–Crippen MR) is 87.7 cm³/mol. The van der Waals surface area contributed by atoms with Crippen LogP contribution in [0.5, 0.6) is 0 Å². The normalized spacial score (nSPS) is 11.0. The van der Waals surface area contributed by atoms with Crippen molar-refractivity contribution in [2.75, 3.05) is 19.0 Å². The summed E-state index contributed by atoms with van der Waals surface area (Å²) in [6.07, 6.45) is 0.850. The monoisotopic (exact) mass is 354 g/mol. The number of hydrogen-bond acceptors (Lipinski definition) is 6. The molecule has 0 heterocycles. The Balaban J connectivity index is 2.09. The van der Waals surface area contributed by atoms with E-state index in [9.17, 15) is 18.0 Å². The molecule has 7 nitrogen and oxygen atoms in total. The zero-order valence-corrected chi connectivity index (χ0v) is 14.0. The van der Waals surface area contributed by atoms with E-state index in [4.69, 9.17) is 17.1 Å². The van der Waals surface area contributed by atoms with Crippen LogP contribution in [-0.2, 0) is 35.6 Å². The Bertz CT molecular complexity index is 640. The SMILES string of the molecule is [B]c1ccc(CCOC(=O)CCCC(=O)OCCS(=O)(=O)O)cc1. The lowest BCUT2D eigenvalue weighted by molar-refractivity contribution is -0.145. The molecule has 1 aromatic rings. The van der Waals surface area contributed by atoms with Crippen molar-refractivity contribution >= 4 is 35.4 Å². The van der Waals surface area contributed by atoms with E-state index in [1.165, 1.54) is 0 Å². The summed E-state index contributed by atoms with van der Waals surface area (Å²) in [5, 5.41) is 0. The quantitative estimate of drug-likeness (QED) is 0.362. The average molecular weight is 354 g/mol. The first-order valence-electron chi connectivity index (χ1n) is 7.37. The molecule has 0 atom stereocenters. The third kappa shape index (κ3) is 10.0. The molecule has 0 aliphatic heterocycles. The van der Waals surface area contributed by atoms with Crippen LogP contribution in [0.15, 0.2) is 24.3 Å². The Hall–Kier alpha value is -1.87. The molecule has 0 amide bonds. The van der Waals surface area contributed by atoms with Gasteiger partial charge in [0.25, 0.3) is 10.1 Å². The Labute approximate surface area is 142 Å². The topological polar surface area (TPSA) is 107 Å². The summed E-state index contributed by atoms with van der Waals surface area (Å²) in [6, 6.07) is 7.24. The van der Waals surface area contributed by atoms with Gasteiger partial charge in [-0.3, -0.25) is 14.1 Å². The molecule has 0 aromatic heterocycles. The van der Waals surface area contributed by atoms with Crippen LogP contribution in [0.2, 0.25) is 0 Å². The number of esters is 2. The van der Waals surface area contributed by atoms with Crippen molar-refractivity contribution in [3.63, 3.8) is 0 Å². The van der Waals surface area contributed by atoms with Gasteiger partial charge in [-0.05, 0) is 12.0 Å². The molecular weight excluding hydrogens is 335 g/mol. The summed E-state index contributed by atoms with van der Waals surface area (Å²) < 4.78 is 39.0. The van der Waals surface area contributed by atoms with Gasteiger partial charge in [0.2, 0.25) is 0 Å². The lowest BCUT2D eigenvalue weighted by atomic mass is 9.95. The van der Waals surface area contributed by atoms with Crippen LogP contribution in [0.1, 0.15) is 24.8 Å². The molecule has 9 heteroatoms. The molecule has 1 aromatic carbocycles.